The average molecular weight is 252 g/mol. The number of fused-ring (bicyclic) bond motifs is 1. The first-order chi connectivity index (χ1) is 8.66. The van der Waals surface area contributed by atoms with Crippen LogP contribution in [0.1, 0.15) is 25.7 Å². The van der Waals surface area contributed by atoms with Gasteiger partial charge in [0, 0.05) is 13.0 Å². The number of hydrogen-bond acceptors (Lipinski definition) is 3. The van der Waals surface area contributed by atoms with Crippen molar-refractivity contribution in [2.75, 3.05) is 19.6 Å². The molecule has 18 heavy (non-hydrogen) atoms. The first-order valence-corrected chi connectivity index (χ1v) is 6.90. The molecule has 5 nitrogen and oxygen atoms in total. The highest BCUT2D eigenvalue weighted by Gasteiger charge is 2.49. The van der Waals surface area contributed by atoms with Crippen LogP contribution in [0.25, 0.3) is 0 Å². The zero-order valence-electron chi connectivity index (χ0n) is 10.5. The maximum atomic E-state index is 12.2. The smallest absolute Gasteiger partial charge is 0.326 e. The lowest BCUT2D eigenvalue weighted by molar-refractivity contribution is -0.150. The topological polar surface area (TPSA) is 69.6 Å². The minimum absolute atomic E-state index is 0.0447. The summed E-state index contributed by atoms with van der Waals surface area (Å²) in [4.78, 5) is 25.3. The van der Waals surface area contributed by atoms with E-state index in [9.17, 15) is 14.7 Å². The van der Waals surface area contributed by atoms with Crippen LogP contribution in [-0.4, -0.2) is 47.6 Å². The number of rotatable bonds is 3. The Bertz CT molecular complexity index is 367. The van der Waals surface area contributed by atoms with Crippen molar-refractivity contribution in [3.05, 3.63) is 0 Å². The summed E-state index contributed by atoms with van der Waals surface area (Å²) in [7, 11) is 0. The van der Waals surface area contributed by atoms with Crippen LogP contribution in [0.4, 0.5) is 0 Å². The van der Waals surface area contributed by atoms with Gasteiger partial charge in [-0.05, 0) is 43.7 Å². The molecule has 100 valence electrons. The largest absolute Gasteiger partial charge is 0.480 e. The van der Waals surface area contributed by atoms with Gasteiger partial charge >= 0.3 is 5.97 Å². The number of nitrogens with one attached hydrogen (secondary N) is 1. The molecule has 1 aliphatic carbocycles. The van der Waals surface area contributed by atoms with Crippen LogP contribution >= 0.6 is 0 Å². The number of aliphatic carboxylic acids is 1. The summed E-state index contributed by atoms with van der Waals surface area (Å²) in [5, 5.41) is 12.5. The average Bonchev–Trinajstić information content (AvgIpc) is 2.81. The minimum Gasteiger partial charge on any atom is -0.480 e. The lowest BCUT2D eigenvalue weighted by Crippen LogP contribution is -2.48. The molecule has 3 rings (SSSR count). The van der Waals surface area contributed by atoms with Crippen molar-refractivity contribution in [3.8, 4) is 0 Å². The molecule has 0 aromatic carbocycles. The summed E-state index contributed by atoms with van der Waals surface area (Å²) < 4.78 is 0. The number of carbonyl (C=O) groups excluding carboxylic acids is 1. The molecule has 2 saturated heterocycles. The van der Waals surface area contributed by atoms with Gasteiger partial charge in [0.25, 0.3) is 0 Å². The van der Waals surface area contributed by atoms with E-state index >= 15 is 0 Å². The number of carbonyl (C=O) groups is 2. The van der Waals surface area contributed by atoms with Gasteiger partial charge < -0.3 is 15.3 Å². The van der Waals surface area contributed by atoms with Gasteiger partial charge in [-0.2, -0.15) is 0 Å². The molecule has 2 N–H and O–H groups in total. The molecule has 0 bridgehead atoms. The van der Waals surface area contributed by atoms with Gasteiger partial charge in [0.15, 0.2) is 0 Å². The fourth-order valence-electron chi connectivity index (χ4n) is 3.74. The van der Waals surface area contributed by atoms with Crippen LogP contribution in [0, 0.1) is 17.8 Å². The van der Waals surface area contributed by atoms with Crippen LogP contribution in [0.3, 0.4) is 0 Å². The molecule has 1 amide bonds. The normalized spacial score (nSPS) is 35.3. The Morgan fingerprint density at radius 1 is 1.28 bits per heavy atom. The first kappa shape index (κ1) is 12.0. The predicted molar refractivity (Wildman–Crippen MR) is 64.9 cm³/mol. The van der Waals surface area contributed by atoms with Crippen molar-refractivity contribution in [2.24, 2.45) is 17.8 Å². The molecule has 0 aromatic rings. The van der Waals surface area contributed by atoms with Crippen LogP contribution in [0.2, 0.25) is 0 Å². The Hall–Kier alpha value is -1.10. The van der Waals surface area contributed by atoms with E-state index in [0.29, 0.717) is 24.8 Å². The molecule has 3 fully saturated rings. The number of likely N-dealkylation sites (tertiary alicyclic amines) is 1. The van der Waals surface area contributed by atoms with E-state index in [-0.39, 0.29) is 11.8 Å². The summed E-state index contributed by atoms with van der Waals surface area (Å²) >= 11 is 0. The van der Waals surface area contributed by atoms with E-state index in [0.717, 1.165) is 32.4 Å². The zero-order chi connectivity index (χ0) is 12.7. The van der Waals surface area contributed by atoms with Crippen LogP contribution in [0.5, 0.6) is 0 Å². The van der Waals surface area contributed by atoms with E-state index in [1.807, 2.05) is 0 Å². The number of carboxylic acids is 1. The third-order valence-electron chi connectivity index (χ3n) is 4.79. The minimum atomic E-state index is -0.815. The van der Waals surface area contributed by atoms with Crippen molar-refractivity contribution in [1.29, 1.82) is 0 Å². The second kappa shape index (κ2) is 4.53. The van der Waals surface area contributed by atoms with Gasteiger partial charge in [-0.25, -0.2) is 4.79 Å². The Kier molecular flexibility index (Phi) is 3.01. The van der Waals surface area contributed by atoms with E-state index < -0.39 is 12.0 Å². The maximum absolute atomic E-state index is 12.2. The third kappa shape index (κ3) is 1.90. The van der Waals surface area contributed by atoms with Crippen molar-refractivity contribution in [3.63, 3.8) is 0 Å². The van der Waals surface area contributed by atoms with E-state index in [1.165, 1.54) is 0 Å². The molecule has 3 atom stereocenters. The molecule has 0 radical (unpaired) electrons. The van der Waals surface area contributed by atoms with Gasteiger partial charge in [-0.1, -0.05) is 6.42 Å². The van der Waals surface area contributed by atoms with Crippen molar-refractivity contribution < 1.29 is 14.7 Å². The Morgan fingerprint density at radius 2 is 2.06 bits per heavy atom. The highest BCUT2D eigenvalue weighted by Crippen LogP contribution is 2.42. The van der Waals surface area contributed by atoms with E-state index in [2.05, 4.69) is 5.32 Å². The summed E-state index contributed by atoms with van der Waals surface area (Å²) in [5.41, 5.74) is 0. The maximum Gasteiger partial charge on any atom is 0.326 e. The van der Waals surface area contributed by atoms with Crippen molar-refractivity contribution >= 4 is 11.9 Å². The third-order valence-corrected chi connectivity index (χ3v) is 4.79. The van der Waals surface area contributed by atoms with Crippen LogP contribution in [0.15, 0.2) is 0 Å². The molecule has 0 aromatic heterocycles. The summed E-state index contributed by atoms with van der Waals surface area (Å²) in [6.07, 6.45) is 3.68. The van der Waals surface area contributed by atoms with Crippen molar-refractivity contribution in [1.82, 2.24) is 10.2 Å². The molecule has 5 heteroatoms. The molecule has 1 saturated carbocycles. The lowest BCUT2D eigenvalue weighted by Gasteiger charge is -2.30. The van der Waals surface area contributed by atoms with Gasteiger partial charge in [-0.15, -0.1) is 0 Å². The molecule has 2 aliphatic heterocycles. The predicted octanol–water partition coefficient (Wildman–Crippen LogP) is 0.308. The molecule has 3 aliphatic rings. The quantitative estimate of drug-likeness (QED) is 0.758. The monoisotopic (exact) mass is 252 g/mol. The highest BCUT2D eigenvalue weighted by molar-refractivity contribution is 5.85. The fourth-order valence-corrected chi connectivity index (χ4v) is 3.74. The SMILES string of the molecule is O=C(O)C1C2CCCC2CN1C(=O)CC1CNC1. The van der Waals surface area contributed by atoms with Crippen LogP contribution < -0.4 is 5.32 Å². The lowest BCUT2D eigenvalue weighted by atomic mass is 9.94. The standard InChI is InChI=1S/C13H20N2O3/c16-11(4-8-5-14-6-8)15-7-9-2-1-3-10(9)12(15)13(17)18/h8-10,12,14H,1-7H2,(H,17,18). The Balaban J connectivity index is 1.69. The van der Waals surface area contributed by atoms with E-state index in [1.54, 1.807) is 4.90 Å². The molecular formula is C13H20N2O3. The second-order valence-electron chi connectivity index (χ2n) is 5.91. The summed E-state index contributed by atoms with van der Waals surface area (Å²) in [6.45, 7) is 2.45. The molecular weight excluding hydrogens is 232 g/mol. The Labute approximate surface area is 107 Å². The summed E-state index contributed by atoms with van der Waals surface area (Å²) in [5.74, 6) is 0.265. The van der Waals surface area contributed by atoms with Gasteiger partial charge in [0.05, 0.1) is 0 Å². The second-order valence-corrected chi connectivity index (χ2v) is 5.91. The fraction of sp³-hybridized carbons (Fsp3) is 0.846. The number of hydrogen-bond donors (Lipinski definition) is 2. The number of amides is 1. The van der Waals surface area contributed by atoms with Gasteiger partial charge in [0.2, 0.25) is 5.91 Å². The Morgan fingerprint density at radius 3 is 2.67 bits per heavy atom. The molecule has 2 heterocycles. The van der Waals surface area contributed by atoms with Gasteiger partial charge in [-0.3, -0.25) is 4.79 Å². The highest BCUT2D eigenvalue weighted by atomic mass is 16.4. The summed E-state index contributed by atoms with van der Waals surface area (Å²) in [6, 6.07) is -0.557. The first-order valence-electron chi connectivity index (χ1n) is 6.90. The molecule has 0 spiro atoms. The zero-order valence-corrected chi connectivity index (χ0v) is 10.5. The number of carboxylic acid groups (broad SMARTS) is 1. The van der Waals surface area contributed by atoms with Crippen molar-refractivity contribution in [2.45, 2.75) is 31.7 Å². The molecule has 3 unspecified atom stereocenters. The van der Waals surface area contributed by atoms with Gasteiger partial charge in [0.1, 0.15) is 6.04 Å². The van der Waals surface area contributed by atoms with Crippen LogP contribution in [-0.2, 0) is 9.59 Å². The number of nitrogens with zero attached hydrogens (tertiary/aromatic N) is 1. The van der Waals surface area contributed by atoms with E-state index in [4.69, 9.17) is 0 Å².